The Morgan fingerprint density at radius 2 is 0.917 bits per heavy atom. The van der Waals surface area contributed by atoms with Crippen molar-refractivity contribution in [1.29, 1.82) is 0 Å². The van der Waals surface area contributed by atoms with E-state index in [9.17, 15) is 57.1 Å². The first-order chi connectivity index (χ1) is 10.2. The van der Waals surface area contributed by atoms with Crippen LogP contribution < -0.4 is 0 Å². The summed E-state index contributed by atoms with van der Waals surface area (Å²) in [5.41, 5.74) is 0. The van der Waals surface area contributed by atoms with Gasteiger partial charge in [0.25, 0.3) is 0 Å². The largest absolute Gasteiger partial charge is 0.460 e. The average molecular weight is 394 g/mol. The quantitative estimate of drug-likeness (QED) is 0.650. The van der Waals surface area contributed by atoms with E-state index in [0.29, 0.717) is 0 Å². The molecule has 0 aromatic rings. The number of hydrogen-bond donors (Lipinski definition) is 2. The molecule has 24 heavy (non-hydrogen) atoms. The highest BCUT2D eigenvalue weighted by molar-refractivity contribution is 5.11. The number of aliphatic hydroxyl groups excluding tert-OH is 2. The first-order valence-corrected chi connectivity index (χ1v) is 5.48. The normalized spacial score (nSPS) is 17.1. The van der Waals surface area contributed by atoms with E-state index in [1.807, 2.05) is 0 Å². The second-order valence-electron chi connectivity index (χ2n) is 4.45. The SMILES string of the molecule is OCCC(O)C(F)(F)C(F)(F)C(F)(F)C(F)(F)C(F)(F)C(F)(F)F. The molecule has 2 N–H and O–H groups in total. The molecule has 0 heterocycles. The Morgan fingerprint density at radius 3 is 1.21 bits per heavy atom. The molecule has 0 amide bonds. The Kier molecular flexibility index (Phi) is 5.82. The summed E-state index contributed by atoms with van der Waals surface area (Å²) in [7, 11) is 0. The molecular formula is C9H7F13O2. The predicted molar refractivity (Wildman–Crippen MR) is 48.5 cm³/mol. The maximum atomic E-state index is 13.0. The summed E-state index contributed by atoms with van der Waals surface area (Å²) in [6.07, 6.45) is -13.2. The molecule has 1 atom stereocenters. The first-order valence-electron chi connectivity index (χ1n) is 5.48. The molecule has 0 aromatic heterocycles. The van der Waals surface area contributed by atoms with Crippen molar-refractivity contribution >= 4 is 0 Å². The summed E-state index contributed by atoms with van der Waals surface area (Å²) in [6.45, 7) is -1.55. The van der Waals surface area contributed by atoms with Crippen molar-refractivity contribution < 1.29 is 67.3 Å². The van der Waals surface area contributed by atoms with Crippen LogP contribution in [0.4, 0.5) is 57.1 Å². The maximum Gasteiger partial charge on any atom is 0.460 e. The van der Waals surface area contributed by atoms with Crippen LogP contribution in [0.1, 0.15) is 6.42 Å². The summed E-state index contributed by atoms with van der Waals surface area (Å²) in [5.74, 6) is -37.8. The standard InChI is InChI=1S/C9H7F13O2/c10-4(11,3(24)1-2-23)5(12,13)6(14,15)7(16,17)8(18,19)9(20,21)22/h3,23-24H,1-2H2. The van der Waals surface area contributed by atoms with Gasteiger partial charge in [-0.15, -0.1) is 0 Å². The minimum absolute atomic E-state index is 1.55. The Morgan fingerprint density at radius 1 is 0.583 bits per heavy atom. The van der Waals surface area contributed by atoms with Crippen molar-refractivity contribution in [2.45, 2.75) is 48.3 Å². The molecule has 2 nitrogen and oxygen atoms in total. The molecular weight excluding hydrogens is 387 g/mol. The topological polar surface area (TPSA) is 40.5 Å². The molecule has 0 rings (SSSR count). The minimum atomic E-state index is -8.00. The zero-order chi connectivity index (χ0) is 20.0. The van der Waals surface area contributed by atoms with Gasteiger partial charge in [0, 0.05) is 13.0 Å². The predicted octanol–water partition coefficient (Wildman–Crippen LogP) is 3.47. The number of alkyl halides is 13. The van der Waals surface area contributed by atoms with Gasteiger partial charge in [-0.3, -0.25) is 0 Å². The van der Waals surface area contributed by atoms with Crippen LogP contribution in [-0.4, -0.2) is 58.7 Å². The number of hydrogen-bond acceptors (Lipinski definition) is 2. The van der Waals surface area contributed by atoms with Gasteiger partial charge < -0.3 is 10.2 Å². The van der Waals surface area contributed by atoms with Gasteiger partial charge in [-0.05, 0) is 0 Å². The zero-order valence-electron chi connectivity index (χ0n) is 10.8. The van der Waals surface area contributed by atoms with Crippen LogP contribution in [-0.2, 0) is 0 Å². The second kappa shape index (κ2) is 6.07. The molecule has 0 fully saturated rings. The maximum absolute atomic E-state index is 13.0. The summed E-state index contributed by atoms with van der Waals surface area (Å²) in [4.78, 5) is 0. The molecule has 0 saturated carbocycles. The first kappa shape index (κ1) is 23.0. The fourth-order valence-corrected chi connectivity index (χ4v) is 1.29. The third kappa shape index (κ3) is 2.99. The van der Waals surface area contributed by atoms with Crippen LogP contribution in [0, 0.1) is 0 Å². The highest BCUT2D eigenvalue weighted by atomic mass is 19.4. The molecule has 0 radical (unpaired) electrons. The Labute approximate surface area is 123 Å². The van der Waals surface area contributed by atoms with Gasteiger partial charge >= 0.3 is 35.8 Å². The fourth-order valence-electron chi connectivity index (χ4n) is 1.29. The van der Waals surface area contributed by atoms with E-state index in [2.05, 4.69) is 0 Å². The molecule has 15 heteroatoms. The van der Waals surface area contributed by atoms with Gasteiger partial charge in [-0.25, -0.2) is 0 Å². The smallest absolute Gasteiger partial charge is 0.396 e. The van der Waals surface area contributed by atoms with Crippen molar-refractivity contribution in [2.75, 3.05) is 6.61 Å². The number of aliphatic hydroxyl groups is 2. The van der Waals surface area contributed by atoms with Gasteiger partial charge in [-0.2, -0.15) is 57.1 Å². The van der Waals surface area contributed by atoms with E-state index in [1.165, 1.54) is 0 Å². The van der Waals surface area contributed by atoms with E-state index in [0.717, 1.165) is 0 Å². The van der Waals surface area contributed by atoms with E-state index >= 15 is 0 Å². The van der Waals surface area contributed by atoms with Crippen LogP contribution >= 0.6 is 0 Å². The molecule has 0 spiro atoms. The lowest BCUT2D eigenvalue weighted by molar-refractivity contribution is -0.444. The lowest BCUT2D eigenvalue weighted by atomic mass is 9.91. The summed E-state index contributed by atoms with van der Waals surface area (Å²) < 4.78 is 164. The zero-order valence-corrected chi connectivity index (χ0v) is 10.8. The molecule has 0 aliphatic rings. The molecule has 146 valence electrons. The lowest BCUT2D eigenvalue weighted by Gasteiger charge is -2.40. The number of rotatable bonds is 7. The third-order valence-electron chi connectivity index (χ3n) is 2.78. The van der Waals surface area contributed by atoms with E-state index in [-0.39, 0.29) is 0 Å². The summed E-state index contributed by atoms with van der Waals surface area (Å²) in [6, 6.07) is 0. The Balaban J connectivity index is 6.20. The Hall–Kier alpha value is -0.990. The van der Waals surface area contributed by atoms with Crippen molar-refractivity contribution in [3.05, 3.63) is 0 Å². The molecule has 0 aromatic carbocycles. The van der Waals surface area contributed by atoms with Gasteiger partial charge in [0.2, 0.25) is 0 Å². The molecule has 0 saturated heterocycles. The van der Waals surface area contributed by atoms with Crippen LogP contribution in [0.2, 0.25) is 0 Å². The molecule has 0 aliphatic carbocycles. The minimum Gasteiger partial charge on any atom is -0.396 e. The van der Waals surface area contributed by atoms with Gasteiger partial charge in [-0.1, -0.05) is 0 Å². The lowest BCUT2D eigenvalue weighted by Crippen LogP contribution is -2.71. The van der Waals surface area contributed by atoms with Gasteiger partial charge in [0.1, 0.15) is 6.10 Å². The van der Waals surface area contributed by atoms with Gasteiger partial charge in [0.15, 0.2) is 0 Å². The Bertz CT molecular complexity index is 441. The van der Waals surface area contributed by atoms with Crippen LogP contribution in [0.3, 0.4) is 0 Å². The van der Waals surface area contributed by atoms with E-state index in [4.69, 9.17) is 10.2 Å². The average Bonchev–Trinajstić information content (AvgIpc) is 2.36. The molecule has 0 aliphatic heterocycles. The van der Waals surface area contributed by atoms with Crippen molar-refractivity contribution in [3.63, 3.8) is 0 Å². The molecule has 0 bridgehead atoms. The third-order valence-corrected chi connectivity index (χ3v) is 2.78. The highest BCUT2D eigenvalue weighted by Crippen LogP contribution is 2.60. The van der Waals surface area contributed by atoms with Crippen LogP contribution in [0.25, 0.3) is 0 Å². The fraction of sp³-hybridized carbons (Fsp3) is 1.00. The summed E-state index contributed by atoms with van der Waals surface area (Å²) >= 11 is 0. The van der Waals surface area contributed by atoms with Crippen molar-refractivity contribution in [2.24, 2.45) is 0 Å². The van der Waals surface area contributed by atoms with Crippen LogP contribution in [0.15, 0.2) is 0 Å². The summed E-state index contributed by atoms with van der Waals surface area (Å²) in [5, 5.41) is 16.6. The van der Waals surface area contributed by atoms with E-state index < -0.39 is 54.9 Å². The monoisotopic (exact) mass is 394 g/mol. The van der Waals surface area contributed by atoms with Crippen molar-refractivity contribution in [1.82, 2.24) is 0 Å². The second-order valence-corrected chi connectivity index (χ2v) is 4.45. The highest BCUT2D eigenvalue weighted by Gasteiger charge is 2.91. The number of halogens is 13. The molecule has 1 unspecified atom stereocenters. The van der Waals surface area contributed by atoms with Gasteiger partial charge in [0.05, 0.1) is 0 Å². The van der Waals surface area contributed by atoms with Crippen LogP contribution in [0.5, 0.6) is 0 Å². The van der Waals surface area contributed by atoms with E-state index in [1.54, 1.807) is 0 Å². The van der Waals surface area contributed by atoms with Crippen molar-refractivity contribution in [3.8, 4) is 0 Å².